The summed E-state index contributed by atoms with van der Waals surface area (Å²) in [6.07, 6.45) is 10.4. The number of hydrogen-bond donors (Lipinski definition) is 0. The van der Waals surface area contributed by atoms with Crippen LogP contribution in [0, 0.1) is 23.7 Å². The van der Waals surface area contributed by atoms with Gasteiger partial charge in [-0.1, -0.05) is 72.6 Å². The summed E-state index contributed by atoms with van der Waals surface area (Å²) in [7, 11) is 0. The third-order valence-corrected chi connectivity index (χ3v) is 4.66. The Morgan fingerprint density at radius 1 is 1.07 bits per heavy atom. The van der Waals surface area contributed by atoms with Crippen LogP contribution in [0.25, 0.3) is 0 Å². The Kier molecular flexibility index (Phi) is 5.71. The van der Waals surface area contributed by atoms with Crippen molar-refractivity contribution in [3.63, 3.8) is 0 Å². The minimum Gasteiger partial charge on any atom is -0.0625 e. The van der Waals surface area contributed by atoms with Gasteiger partial charge in [0, 0.05) is 0 Å². The van der Waals surface area contributed by atoms with Crippen LogP contribution in [0.4, 0.5) is 0 Å². The molecule has 0 nitrogen and oxygen atoms in total. The van der Waals surface area contributed by atoms with E-state index in [2.05, 4.69) is 27.7 Å². The molecule has 0 heteroatoms. The van der Waals surface area contributed by atoms with Gasteiger partial charge < -0.3 is 0 Å². The number of hydrogen-bond acceptors (Lipinski definition) is 0. The Hall–Kier alpha value is 0. The molecule has 0 aromatic heterocycles. The highest BCUT2D eigenvalue weighted by Gasteiger charge is 2.20. The van der Waals surface area contributed by atoms with E-state index < -0.39 is 0 Å². The van der Waals surface area contributed by atoms with E-state index in [9.17, 15) is 0 Å². The summed E-state index contributed by atoms with van der Waals surface area (Å²) in [6.45, 7) is 9.59. The zero-order valence-corrected chi connectivity index (χ0v) is 11.3. The van der Waals surface area contributed by atoms with E-state index >= 15 is 0 Å². The molecule has 0 heterocycles. The summed E-state index contributed by atoms with van der Waals surface area (Å²) in [5, 5.41) is 0. The SMILES string of the molecule is CC(C)C(C)CCCC1CCCCC1C. The Morgan fingerprint density at radius 2 is 1.73 bits per heavy atom. The molecule has 3 unspecified atom stereocenters. The van der Waals surface area contributed by atoms with E-state index in [4.69, 9.17) is 0 Å². The molecule has 3 atom stereocenters. The normalized spacial score (nSPS) is 29.4. The molecule has 0 amide bonds. The molecule has 0 aromatic carbocycles. The smallest absolute Gasteiger partial charge is 0.0388 e. The van der Waals surface area contributed by atoms with Gasteiger partial charge in [-0.25, -0.2) is 0 Å². The Labute approximate surface area is 96.8 Å². The predicted octanol–water partition coefficient (Wildman–Crippen LogP) is 5.28. The van der Waals surface area contributed by atoms with Gasteiger partial charge in [-0.05, 0) is 23.7 Å². The predicted molar refractivity (Wildman–Crippen MR) is 69.0 cm³/mol. The molecular formula is C15H30. The number of rotatable bonds is 5. The monoisotopic (exact) mass is 210 g/mol. The maximum absolute atomic E-state index is 2.47. The van der Waals surface area contributed by atoms with Crippen LogP contribution in [0.3, 0.4) is 0 Å². The average molecular weight is 210 g/mol. The molecule has 1 aliphatic carbocycles. The van der Waals surface area contributed by atoms with Crippen molar-refractivity contribution < 1.29 is 0 Å². The summed E-state index contributed by atoms with van der Waals surface area (Å²) < 4.78 is 0. The molecule has 0 bridgehead atoms. The fraction of sp³-hybridized carbons (Fsp3) is 1.00. The molecule has 0 saturated heterocycles. The first-order chi connectivity index (χ1) is 7.11. The maximum atomic E-state index is 2.47. The third kappa shape index (κ3) is 4.57. The maximum Gasteiger partial charge on any atom is -0.0388 e. The van der Waals surface area contributed by atoms with Crippen LogP contribution >= 0.6 is 0 Å². The summed E-state index contributed by atoms with van der Waals surface area (Å²) in [6, 6.07) is 0. The minimum absolute atomic E-state index is 0.869. The van der Waals surface area contributed by atoms with Gasteiger partial charge in [-0.15, -0.1) is 0 Å². The van der Waals surface area contributed by atoms with Crippen molar-refractivity contribution in [3.8, 4) is 0 Å². The zero-order valence-electron chi connectivity index (χ0n) is 11.3. The van der Waals surface area contributed by atoms with Crippen molar-refractivity contribution in [2.24, 2.45) is 23.7 Å². The lowest BCUT2D eigenvalue weighted by atomic mass is 9.77. The second kappa shape index (κ2) is 6.55. The highest BCUT2D eigenvalue weighted by molar-refractivity contribution is 4.72. The van der Waals surface area contributed by atoms with Crippen molar-refractivity contribution in [3.05, 3.63) is 0 Å². The van der Waals surface area contributed by atoms with E-state index in [1.54, 1.807) is 0 Å². The van der Waals surface area contributed by atoms with Crippen LogP contribution < -0.4 is 0 Å². The van der Waals surface area contributed by atoms with Crippen molar-refractivity contribution >= 4 is 0 Å². The fourth-order valence-electron chi connectivity index (χ4n) is 2.86. The fourth-order valence-corrected chi connectivity index (χ4v) is 2.86. The average Bonchev–Trinajstić information content (AvgIpc) is 2.20. The molecule has 0 radical (unpaired) electrons. The van der Waals surface area contributed by atoms with Gasteiger partial charge in [0.25, 0.3) is 0 Å². The largest absolute Gasteiger partial charge is 0.0625 e. The Morgan fingerprint density at radius 3 is 2.33 bits per heavy atom. The standard InChI is InChI=1S/C15H30/c1-12(2)13(3)9-7-11-15-10-6-5-8-14(15)4/h12-15H,5-11H2,1-4H3. The molecule has 15 heavy (non-hydrogen) atoms. The minimum atomic E-state index is 0.869. The van der Waals surface area contributed by atoms with E-state index in [1.165, 1.54) is 44.9 Å². The van der Waals surface area contributed by atoms with Gasteiger partial charge in [0.2, 0.25) is 0 Å². The van der Waals surface area contributed by atoms with E-state index in [1.807, 2.05) is 0 Å². The summed E-state index contributed by atoms with van der Waals surface area (Å²) in [4.78, 5) is 0. The first-order valence-electron chi connectivity index (χ1n) is 7.11. The van der Waals surface area contributed by atoms with Crippen molar-refractivity contribution in [1.29, 1.82) is 0 Å². The molecule has 90 valence electrons. The van der Waals surface area contributed by atoms with Gasteiger partial charge in [0.15, 0.2) is 0 Å². The lowest BCUT2D eigenvalue weighted by Crippen LogP contribution is -2.17. The third-order valence-electron chi connectivity index (χ3n) is 4.66. The van der Waals surface area contributed by atoms with E-state index in [-0.39, 0.29) is 0 Å². The molecule has 0 aliphatic heterocycles. The molecule has 1 rings (SSSR count). The second-order valence-corrected chi connectivity index (χ2v) is 6.17. The summed E-state index contributed by atoms with van der Waals surface area (Å²) in [5.74, 6) is 3.85. The van der Waals surface area contributed by atoms with Crippen molar-refractivity contribution in [2.45, 2.75) is 72.6 Å². The zero-order chi connectivity index (χ0) is 11.3. The van der Waals surface area contributed by atoms with Crippen LogP contribution in [-0.2, 0) is 0 Å². The van der Waals surface area contributed by atoms with Crippen LogP contribution in [0.2, 0.25) is 0 Å². The Balaban J connectivity index is 2.13. The van der Waals surface area contributed by atoms with Crippen LogP contribution in [0.15, 0.2) is 0 Å². The first kappa shape index (κ1) is 13.1. The highest BCUT2D eigenvalue weighted by atomic mass is 14.3. The molecule has 0 aromatic rings. The highest BCUT2D eigenvalue weighted by Crippen LogP contribution is 2.33. The molecule has 1 saturated carbocycles. The Bertz CT molecular complexity index is 159. The van der Waals surface area contributed by atoms with E-state index in [0.717, 1.165) is 23.7 Å². The van der Waals surface area contributed by atoms with Crippen LogP contribution in [-0.4, -0.2) is 0 Å². The summed E-state index contributed by atoms with van der Waals surface area (Å²) in [5.41, 5.74) is 0. The van der Waals surface area contributed by atoms with Gasteiger partial charge >= 0.3 is 0 Å². The van der Waals surface area contributed by atoms with Gasteiger partial charge in [0.1, 0.15) is 0 Å². The summed E-state index contributed by atoms with van der Waals surface area (Å²) >= 11 is 0. The molecule has 0 spiro atoms. The first-order valence-corrected chi connectivity index (χ1v) is 7.11. The molecule has 0 N–H and O–H groups in total. The molecule has 1 aliphatic rings. The van der Waals surface area contributed by atoms with Gasteiger partial charge in [-0.3, -0.25) is 0 Å². The van der Waals surface area contributed by atoms with Crippen LogP contribution in [0.1, 0.15) is 72.6 Å². The quantitative estimate of drug-likeness (QED) is 0.579. The van der Waals surface area contributed by atoms with Crippen molar-refractivity contribution in [1.82, 2.24) is 0 Å². The molecule has 1 fully saturated rings. The topological polar surface area (TPSA) is 0 Å². The second-order valence-electron chi connectivity index (χ2n) is 6.17. The van der Waals surface area contributed by atoms with Gasteiger partial charge in [-0.2, -0.15) is 0 Å². The van der Waals surface area contributed by atoms with Crippen LogP contribution in [0.5, 0.6) is 0 Å². The van der Waals surface area contributed by atoms with Crippen molar-refractivity contribution in [2.75, 3.05) is 0 Å². The van der Waals surface area contributed by atoms with Gasteiger partial charge in [0.05, 0.1) is 0 Å². The lowest BCUT2D eigenvalue weighted by molar-refractivity contribution is 0.229. The molecular weight excluding hydrogens is 180 g/mol. The lowest BCUT2D eigenvalue weighted by Gasteiger charge is -2.29. The van der Waals surface area contributed by atoms with E-state index in [0.29, 0.717) is 0 Å².